The minimum atomic E-state index is -0.930. The number of carboxylic acids is 1. The fourth-order valence-electron chi connectivity index (χ4n) is 2.57. The van der Waals surface area contributed by atoms with Crippen LogP contribution in [0.15, 0.2) is 38.6 Å². The van der Waals surface area contributed by atoms with Crippen molar-refractivity contribution in [2.75, 3.05) is 13.7 Å². The number of nitrogens with zero attached hydrogens (tertiary/aromatic N) is 1. The summed E-state index contributed by atoms with van der Waals surface area (Å²) in [5, 5.41) is 9.06. The number of aliphatic carboxylic acids is 1. The fraction of sp³-hybridized carbons (Fsp3) is 0.222. The summed E-state index contributed by atoms with van der Waals surface area (Å²) in [4.78, 5) is 37.5. The standard InChI is InChI=1S/C18H15NO6S2/c1-24-11-4-5-13-12(8-11)16(22)10(9-25-13)7-14-17(23)19(18(26)27-14)6-2-3-15(20)21/h4-5,7-9H,2-3,6H2,1H3,(H,20,21). The first-order chi connectivity index (χ1) is 12.9. The Morgan fingerprint density at radius 2 is 2.19 bits per heavy atom. The van der Waals surface area contributed by atoms with Crippen molar-refractivity contribution in [2.24, 2.45) is 0 Å². The second-order valence-corrected chi connectivity index (χ2v) is 7.39. The van der Waals surface area contributed by atoms with Crippen molar-refractivity contribution in [3.05, 3.63) is 45.2 Å². The first-order valence-corrected chi connectivity index (χ1v) is 9.20. The molecule has 0 atom stereocenters. The van der Waals surface area contributed by atoms with E-state index in [4.69, 9.17) is 26.5 Å². The van der Waals surface area contributed by atoms with Gasteiger partial charge >= 0.3 is 5.97 Å². The van der Waals surface area contributed by atoms with E-state index in [0.717, 1.165) is 11.8 Å². The first kappa shape index (κ1) is 19.1. The number of fused-ring (bicyclic) bond motifs is 1. The molecular formula is C18H15NO6S2. The molecule has 1 saturated heterocycles. The molecule has 0 unspecified atom stereocenters. The Hall–Kier alpha value is -2.65. The summed E-state index contributed by atoms with van der Waals surface area (Å²) < 4.78 is 10.9. The summed E-state index contributed by atoms with van der Waals surface area (Å²) >= 11 is 6.27. The molecule has 1 amide bonds. The van der Waals surface area contributed by atoms with Gasteiger partial charge in [0.2, 0.25) is 0 Å². The molecule has 0 spiro atoms. The maximum atomic E-state index is 12.7. The zero-order chi connectivity index (χ0) is 19.6. The third-order valence-corrected chi connectivity index (χ3v) is 5.32. The molecule has 1 aliphatic heterocycles. The van der Waals surface area contributed by atoms with Crippen molar-refractivity contribution >= 4 is 57.2 Å². The van der Waals surface area contributed by atoms with Crippen molar-refractivity contribution in [1.29, 1.82) is 0 Å². The summed E-state index contributed by atoms with van der Waals surface area (Å²) in [6.45, 7) is 0.220. The molecule has 1 aromatic heterocycles. The van der Waals surface area contributed by atoms with Crippen LogP contribution in [-0.4, -0.2) is 39.9 Å². The average molecular weight is 405 g/mol. The van der Waals surface area contributed by atoms with Crippen LogP contribution in [0.2, 0.25) is 0 Å². The lowest BCUT2D eigenvalue weighted by molar-refractivity contribution is -0.137. The summed E-state index contributed by atoms with van der Waals surface area (Å²) in [5.74, 6) is -0.752. The van der Waals surface area contributed by atoms with Gasteiger partial charge in [0.1, 0.15) is 21.9 Å². The highest BCUT2D eigenvalue weighted by Gasteiger charge is 2.32. The van der Waals surface area contributed by atoms with E-state index in [0.29, 0.717) is 32.4 Å². The van der Waals surface area contributed by atoms with Crippen molar-refractivity contribution in [2.45, 2.75) is 12.8 Å². The third kappa shape index (κ3) is 4.04. The van der Waals surface area contributed by atoms with Gasteiger partial charge < -0.3 is 14.3 Å². The molecule has 140 valence electrons. The van der Waals surface area contributed by atoms with Crippen LogP contribution in [0.5, 0.6) is 5.75 Å². The topological polar surface area (TPSA) is 97.0 Å². The number of thiocarbonyl (C=S) groups is 1. The monoisotopic (exact) mass is 405 g/mol. The number of carbonyl (C=O) groups excluding carboxylic acids is 1. The molecule has 2 heterocycles. The van der Waals surface area contributed by atoms with Crippen molar-refractivity contribution < 1.29 is 23.8 Å². The zero-order valence-corrected chi connectivity index (χ0v) is 15.9. The molecule has 1 fully saturated rings. The molecule has 0 radical (unpaired) electrons. The van der Waals surface area contributed by atoms with Gasteiger partial charge in [0.05, 0.1) is 23.0 Å². The molecule has 3 rings (SSSR count). The minimum absolute atomic E-state index is 0.0494. The van der Waals surface area contributed by atoms with Crippen LogP contribution in [0.3, 0.4) is 0 Å². The number of carbonyl (C=O) groups is 2. The number of methoxy groups -OCH3 is 1. The molecule has 9 heteroatoms. The Balaban J connectivity index is 1.89. The van der Waals surface area contributed by atoms with Gasteiger partial charge in [-0.05, 0) is 30.7 Å². The zero-order valence-electron chi connectivity index (χ0n) is 14.3. The van der Waals surface area contributed by atoms with Gasteiger partial charge in [-0.15, -0.1) is 0 Å². The van der Waals surface area contributed by atoms with E-state index in [1.165, 1.54) is 24.3 Å². The molecule has 1 N–H and O–H groups in total. The summed E-state index contributed by atoms with van der Waals surface area (Å²) in [6, 6.07) is 4.91. The number of hydrogen-bond acceptors (Lipinski definition) is 7. The number of amides is 1. The van der Waals surface area contributed by atoms with Crippen molar-refractivity contribution in [1.82, 2.24) is 4.90 Å². The SMILES string of the molecule is COc1ccc2occ(C=C3SC(=S)N(CCCC(=O)O)C3=O)c(=O)c2c1. The maximum absolute atomic E-state index is 12.7. The van der Waals surface area contributed by atoms with Crippen LogP contribution in [0.1, 0.15) is 18.4 Å². The van der Waals surface area contributed by atoms with E-state index in [9.17, 15) is 14.4 Å². The van der Waals surface area contributed by atoms with Crippen molar-refractivity contribution in [3.8, 4) is 5.75 Å². The quantitative estimate of drug-likeness (QED) is 0.579. The maximum Gasteiger partial charge on any atom is 0.303 e. The van der Waals surface area contributed by atoms with Crippen LogP contribution in [0, 0.1) is 0 Å². The molecule has 1 aliphatic rings. The first-order valence-electron chi connectivity index (χ1n) is 7.97. The molecule has 0 saturated carbocycles. The molecule has 1 aromatic carbocycles. The number of thioether (sulfide) groups is 1. The van der Waals surface area contributed by atoms with Gasteiger partial charge in [0.25, 0.3) is 5.91 Å². The summed E-state index contributed by atoms with van der Waals surface area (Å²) in [6.07, 6.45) is 2.99. The van der Waals surface area contributed by atoms with Crippen LogP contribution >= 0.6 is 24.0 Å². The molecular weight excluding hydrogens is 390 g/mol. The Bertz CT molecular complexity index is 1030. The van der Waals surface area contributed by atoms with Gasteiger partial charge in [-0.2, -0.15) is 0 Å². The normalized spacial score (nSPS) is 15.7. The van der Waals surface area contributed by atoms with E-state index in [1.807, 2.05) is 0 Å². The molecule has 27 heavy (non-hydrogen) atoms. The number of rotatable bonds is 6. The van der Waals surface area contributed by atoms with E-state index >= 15 is 0 Å². The van der Waals surface area contributed by atoms with Gasteiger partial charge in [0, 0.05) is 13.0 Å². The van der Waals surface area contributed by atoms with Gasteiger partial charge in [0.15, 0.2) is 5.43 Å². The Morgan fingerprint density at radius 1 is 1.41 bits per heavy atom. The lowest BCUT2D eigenvalue weighted by Gasteiger charge is -2.13. The van der Waals surface area contributed by atoms with E-state index in [-0.39, 0.29) is 29.9 Å². The number of benzene rings is 1. The predicted octanol–water partition coefficient (Wildman–Crippen LogP) is 2.87. The van der Waals surface area contributed by atoms with Crippen LogP contribution in [0.25, 0.3) is 17.0 Å². The lowest BCUT2D eigenvalue weighted by Crippen LogP contribution is -2.29. The number of hydrogen-bond donors (Lipinski definition) is 1. The van der Waals surface area contributed by atoms with Crippen molar-refractivity contribution in [3.63, 3.8) is 0 Å². The second kappa shape index (κ2) is 7.93. The highest BCUT2D eigenvalue weighted by Crippen LogP contribution is 2.32. The Kier molecular flexibility index (Phi) is 5.62. The van der Waals surface area contributed by atoms with Crippen LogP contribution in [-0.2, 0) is 9.59 Å². The number of carboxylic acid groups (broad SMARTS) is 1. The van der Waals surface area contributed by atoms with E-state index in [1.54, 1.807) is 18.2 Å². The largest absolute Gasteiger partial charge is 0.497 e. The van der Waals surface area contributed by atoms with Gasteiger partial charge in [-0.3, -0.25) is 19.3 Å². The summed E-state index contributed by atoms with van der Waals surface area (Å²) in [7, 11) is 1.50. The predicted molar refractivity (Wildman–Crippen MR) is 106 cm³/mol. The highest BCUT2D eigenvalue weighted by atomic mass is 32.2. The smallest absolute Gasteiger partial charge is 0.303 e. The third-order valence-electron chi connectivity index (χ3n) is 3.94. The molecule has 0 bridgehead atoms. The molecule has 7 nitrogen and oxygen atoms in total. The Morgan fingerprint density at radius 3 is 2.89 bits per heavy atom. The number of ether oxygens (including phenoxy) is 1. The average Bonchev–Trinajstić information content (AvgIpc) is 2.91. The van der Waals surface area contributed by atoms with Gasteiger partial charge in [-0.25, -0.2) is 0 Å². The lowest BCUT2D eigenvalue weighted by atomic mass is 10.1. The second-order valence-electron chi connectivity index (χ2n) is 5.71. The van der Waals surface area contributed by atoms with E-state index < -0.39 is 5.97 Å². The van der Waals surface area contributed by atoms with Gasteiger partial charge in [-0.1, -0.05) is 24.0 Å². The minimum Gasteiger partial charge on any atom is -0.497 e. The molecule has 2 aromatic rings. The van der Waals surface area contributed by atoms with Crippen LogP contribution < -0.4 is 10.2 Å². The highest BCUT2D eigenvalue weighted by molar-refractivity contribution is 8.26. The summed E-state index contributed by atoms with van der Waals surface area (Å²) in [5.41, 5.74) is 0.354. The van der Waals surface area contributed by atoms with Crippen LogP contribution in [0.4, 0.5) is 0 Å². The van der Waals surface area contributed by atoms with E-state index in [2.05, 4.69) is 0 Å². The Labute approximate surface area is 163 Å². The fourth-order valence-corrected chi connectivity index (χ4v) is 3.87. The molecule has 0 aliphatic carbocycles.